The molecule has 0 aliphatic carbocycles. The molecule has 2 aromatic rings. The third-order valence-electron chi connectivity index (χ3n) is 3.52. The van der Waals surface area contributed by atoms with Crippen LogP contribution >= 0.6 is 0 Å². The number of aryl methyl sites for hydroxylation is 2. The topological polar surface area (TPSA) is 60.9 Å². The van der Waals surface area contributed by atoms with Crippen LogP contribution in [0.4, 0.5) is 0 Å². The Morgan fingerprint density at radius 1 is 1.20 bits per heavy atom. The molecule has 0 spiro atoms. The van der Waals surface area contributed by atoms with Gasteiger partial charge in [-0.25, -0.2) is 4.68 Å². The summed E-state index contributed by atoms with van der Waals surface area (Å²) in [5.74, 6) is 0. The number of benzene rings is 1. The summed E-state index contributed by atoms with van der Waals surface area (Å²) < 4.78 is 1.80. The molecule has 2 N–H and O–H groups in total. The first-order chi connectivity index (χ1) is 9.21. The van der Waals surface area contributed by atoms with Crippen molar-refractivity contribution in [3.05, 3.63) is 57.0 Å². The Morgan fingerprint density at radius 2 is 1.85 bits per heavy atom. The number of nitrogens with two attached hydrogens (primary N) is 1. The second-order valence-electron chi connectivity index (χ2n) is 5.85. The monoisotopic (exact) mass is 271 g/mol. The SMILES string of the molecule is Cc1cccc(-n2nc(C(C)(C)N)c(=O)cc2C)c1C. The highest BCUT2D eigenvalue weighted by Crippen LogP contribution is 2.19. The molecule has 0 radical (unpaired) electrons. The lowest BCUT2D eigenvalue weighted by Crippen LogP contribution is -2.37. The van der Waals surface area contributed by atoms with Gasteiger partial charge in [0.05, 0.1) is 11.2 Å². The molecule has 1 aromatic carbocycles. The summed E-state index contributed by atoms with van der Waals surface area (Å²) in [7, 11) is 0. The molecule has 4 nitrogen and oxygen atoms in total. The first-order valence-corrected chi connectivity index (χ1v) is 6.68. The van der Waals surface area contributed by atoms with E-state index >= 15 is 0 Å². The van der Waals surface area contributed by atoms with Crippen LogP contribution in [-0.2, 0) is 5.54 Å². The Balaban J connectivity index is 2.75. The fourth-order valence-corrected chi connectivity index (χ4v) is 2.20. The summed E-state index contributed by atoms with van der Waals surface area (Å²) in [5.41, 5.74) is 9.67. The largest absolute Gasteiger partial charge is 0.320 e. The van der Waals surface area contributed by atoms with Crippen molar-refractivity contribution in [2.75, 3.05) is 0 Å². The van der Waals surface area contributed by atoms with E-state index in [4.69, 9.17) is 5.73 Å². The molecule has 0 fully saturated rings. The molecule has 0 amide bonds. The fourth-order valence-electron chi connectivity index (χ4n) is 2.20. The molecule has 0 saturated heterocycles. The van der Waals surface area contributed by atoms with E-state index < -0.39 is 5.54 Å². The first-order valence-electron chi connectivity index (χ1n) is 6.68. The van der Waals surface area contributed by atoms with Gasteiger partial charge in [-0.05, 0) is 51.8 Å². The smallest absolute Gasteiger partial charge is 0.205 e. The molecule has 0 aliphatic heterocycles. The van der Waals surface area contributed by atoms with Crippen molar-refractivity contribution in [3.8, 4) is 5.69 Å². The molecule has 2 rings (SSSR count). The average Bonchev–Trinajstić information content (AvgIpc) is 2.32. The molecule has 1 aromatic heterocycles. The number of aromatic nitrogens is 2. The van der Waals surface area contributed by atoms with Gasteiger partial charge in [0.2, 0.25) is 5.43 Å². The Morgan fingerprint density at radius 3 is 2.45 bits per heavy atom. The van der Waals surface area contributed by atoms with E-state index in [9.17, 15) is 4.79 Å². The second kappa shape index (κ2) is 4.87. The van der Waals surface area contributed by atoms with Crippen LogP contribution in [0.3, 0.4) is 0 Å². The van der Waals surface area contributed by atoms with Gasteiger partial charge in [0.25, 0.3) is 0 Å². The van der Waals surface area contributed by atoms with E-state index in [1.54, 1.807) is 24.6 Å². The molecule has 0 unspecified atom stereocenters. The standard InChI is InChI=1S/C16H21N3O/c1-10-7-6-8-13(12(10)3)19-11(2)9-14(20)15(18-19)16(4,5)17/h6-9H,17H2,1-5H3. The number of rotatable bonds is 2. The maximum absolute atomic E-state index is 12.1. The van der Waals surface area contributed by atoms with Crippen LogP contribution < -0.4 is 11.2 Å². The van der Waals surface area contributed by atoms with Crippen molar-refractivity contribution in [3.63, 3.8) is 0 Å². The molecule has 1 heterocycles. The Labute approximate surface area is 119 Å². The van der Waals surface area contributed by atoms with Gasteiger partial charge in [-0.15, -0.1) is 0 Å². The van der Waals surface area contributed by atoms with E-state index in [0.717, 1.165) is 16.9 Å². The predicted octanol–water partition coefficient (Wildman–Crippen LogP) is 2.35. The maximum atomic E-state index is 12.1. The molecule has 0 atom stereocenters. The molecular formula is C16H21N3O. The van der Waals surface area contributed by atoms with Crippen molar-refractivity contribution in [2.24, 2.45) is 5.73 Å². The summed E-state index contributed by atoms with van der Waals surface area (Å²) in [6, 6.07) is 7.65. The predicted molar refractivity (Wildman–Crippen MR) is 81.3 cm³/mol. The van der Waals surface area contributed by atoms with Crippen molar-refractivity contribution >= 4 is 0 Å². The van der Waals surface area contributed by atoms with E-state index in [1.165, 1.54) is 5.56 Å². The highest BCUT2D eigenvalue weighted by Gasteiger charge is 2.21. The number of hydrogen-bond donors (Lipinski definition) is 1. The van der Waals surface area contributed by atoms with Gasteiger partial charge in [0.1, 0.15) is 5.69 Å². The van der Waals surface area contributed by atoms with Crippen molar-refractivity contribution in [1.29, 1.82) is 0 Å². The molecule has 20 heavy (non-hydrogen) atoms. The summed E-state index contributed by atoms with van der Waals surface area (Å²) >= 11 is 0. The lowest BCUT2D eigenvalue weighted by molar-refractivity contribution is 0.510. The number of nitrogens with zero attached hydrogens (tertiary/aromatic N) is 2. The lowest BCUT2D eigenvalue weighted by Gasteiger charge is -2.20. The summed E-state index contributed by atoms with van der Waals surface area (Å²) in [5, 5.41) is 4.49. The number of hydrogen-bond acceptors (Lipinski definition) is 3. The van der Waals surface area contributed by atoms with E-state index in [2.05, 4.69) is 25.0 Å². The Hall–Kier alpha value is -1.94. The van der Waals surface area contributed by atoms with Crippen LogP contribution in [0.2, 0.25) is 0 Å². The van der Waals surface area contributed by atoms with Crippen LogP contribution in [0.25, 0.3) is 5.69 Å². The molecule has 0 saturated carbocycles. The van der Waals surface area contributed by atoms with Gasteiger partial charge in [-0.3, -0.25) is 4.79 Å². The minimum Gasteiger partial charge on any atom is -0.320 e. The summed E-state index contributed by atoms with van der Waals surface area (Å²) in [6.07, 6.45) is 0. The van der Waals surface area contributed by atoms with Gasteiger partial charge in [-0.1, -0.05) is 12.1 Å². The molecule has 106 valence electrons. The summed E-state index contributed by atoms with van der Waals surface area (Å²) in [6.45, 7) is 9.57. The minimum absolute atomic E-state index is 0.114. The highest BCUT2D eigenvalue weighted by atomic mass is 16.1. The first kappa shape index (κ1) is 14.5. The zero-order chi connectivity index (χ0) is 15.1. The van der Waals surface area contributed by atoms with Gasteiger partial charge in [0, 0.05) is 11.8 Å². The van der Waals surface area contributed by atoms with Gasteiger partial charge in [0.15, 0.2) is 0 Å². The molecular weight excluding hydrogens is 250 g/mol. The fraction of sp³-hybridized carbons (Fsp3) is 0.375. The van der Waals surface area contributed by atoms with Crippen LogP contribution in [0, 0.1) is 20.8 Å². The summed E-state index contributed by atoms with van der Waals surface area (Å²) in [4.78, 5) is 12.1. The molecule has 4 heteroatoms. The van der Waals surface area contributed by atoms with Crippen LogP contribution in [0.15, 0.2) is 29.1 Å². The van der Waals surface area contributed by atoms with Crippen molar-refractivity contribution in [2.45, 2.75) is 40.2 Å². The zero-order valence-corrected chi connectivity index (χ0v) is 12.7. The maximum Gasteiger partial charge on any atom is 0.205 e. The Kier molecular flexibility index (Phi) is 3.52. The van der Waals surface area contributed by atoms with Gasteiger partial charge < -0.3 is 5.73 Å². The van der Waals surface area contributed by atoms with E-state index in [0.29, 0.717) is 5.69 Å². The van der Waals surface area contributed by atoms with Crippen LogP contribution in [0.1, 0.15) is 36.4 Å². The third-order valence-corrected chi connectivity index (χ3v) is 3.52. The minimum atomic E-state index is -0.760. The average molecular weight is 271 g/mol. The lowest BCUT2D eigenvalue weighted by atomic mass is 10.0. The van der Waals surface area contributed by atoms with Gasteiger partial charge >= 0.3 is 0 Å². The van der Waals surface area contributed by atoms with Crippen LogP contribution in [-0.4, -0.2) is 9.78 Å². The van der Waals surface area contributed by atoms with E-state index in [-0.39, 0.29) is 5.43 Å². The molecule has 0 aliphatic rings. The molecule has 0 bridgehead atoms. The van der Waals surface area contributed by atoms with E-state index in [1.807, 2.05) is 19.1 Å². The van der Waals surface area contributed by atoms with Crippen LogP contribution in [0.5, 0.6) is 0 Å². The second-order valence-corrected chi connectivity index (χ2v) is 5.85. The quantitative estimate of drug-likeness (QED) is 0.912. The van der Waals surface area contributed by atoms with Crippen molar-refractivity contribution < 1.29 is 0 Å². The van der Waals surface area contributed by atoms with Crippen molar-refractivity contribution in [1.82, 2.24) is 9.78 Å². The normalized spacial score (nSPS) is 11.7. The zero-order valence-electron chi connectivity index (χ0n) is 12.7. The Bertz CT molecular complexity index is 709. The third kappa shape index (κ3) is 2.51. The highest BCUT2D eigenvalue weighted by molar-refractivity contribution is 5.45. The van der Waals surface area contributed by atoms with Gasteiger partial charge in [-0.2, -0.15) is 5.10 Å².